The molecule has 2 heteroatoms. The van der Waals surface area contributed by atoms with E-state index in [0.29, 0.717) is 0 Å². The van der Waals surface area contributed by atoms with Gasteiger partial charge >= 0.3 is 78.9 Å². The Morgan fingerprint density at radius 3 is 1.75 bits per heavy atom. The van der Waals surface area contributed by atoms with E-state index in [9.17, 15) is 0 Å². The molecule has 0 unspecified atom stereocenters. The van der Waals surface area contributed by atoms with Crippen LogP contribution < -0.4 is 0 Å². The molecular formula is C10H11ClSc. The summed E-state index contributed by atoms with van der Waals surface area (Å²) in [5.41, 5.74) is 0. The van der Waals surface area contributed by atoms with Crippen molar-refractivity contribution in [2.45, 2.75) is 12.8 Å². The molecule has 0 nitrogen and oxygen atoms in total. The molecule has 0 N–H and O–H groups in total. The Labute approximate surface area is 90.9 Å². The molecule has 0 fully saturated rings. The summed E-state index contributed by atoms with van der Waals surface area (Å²) in [6, 6.07) is 0. The Balaban J connectivity index is 0.000000720. The molecule has 0 atom stereocenters. The van der Waals surface area contributed by atoms with Gasteiger partial charge in [0.2, 0.25) is 0 Å². The van der Waals surface area contributed by atoms with E-state index in [1.54, 1.807) is 6.66 Å². The van der Waals surface area contributed by atoms with Crippen molar-refractivity contribution in [3.8, 4) is 0 Å². The molecule has 2 aliphatic rings. The van der Waals surface area contributed by atoms with Crippen LogP contribution in [-0.2, 0) is 22.9 Å². The van der Waals surface area contributed by atoms with E-state index in [2.05, 4.69) is 36.5 Å². The fourth-order valence-electron chi connectivity index (χ4n) is 1.38. The first-order chi connectivity index (χ1) is 5.45. The minimum Gasteiger partial charge on any atom is -0.147 e. The smallest absolute Gasteiger partial charge is 0.147 e. The molecule has 0 aromatic heterocycles. The maximum absolute atomic E-state index is 2.30. The van der Waals surface area contributed by atoms with Gasteiger partial charge in [-0.1, -0.05) is 0 Å². The Kier molecular flexibility index (Phi) is 4.24. The first-order valence-corrected chi connectivity index (χ1v) is 5.81. The minimum absolute atomic E-state index is 0. The summed E-state index contributed by atoms with van der Waals surface area (Å²) >= 11 is -0.191. The molecule has 0 bridgehead atoms. The van der Waals surface area contributed by atoms with Crippen LogP contribution in [0.2, 0.25) is 0 Å². The van der Waals surface area contributed by atoms with Gasteiger partial charge in [-0.25, -0.2) is 0 Å². The Bertz CT molecular complexity index is 244. The van der Waals surface area contributed by atoms with Crippen molar-refractivity contribution < 1.29 is 22.9 Å². The van der Waals surface area contributed by atoms with Crippen LogP contribution >= 0.6 is 12.4 Å². The van der Waals surface area contributed by atoms with Crippen LogP contribution in [0.5, 0.6) is 0 Å². The largest absolute Gasteiger partial charge is 0.147 e. The van der Waals surface area contributed by atoms with Crippen molar-refractivity contribution >= 4 is 12.4 Å². The standard InChI is InChI=1S/2C5H5.ClH.Sc/c2*1-2-4-5-3-1;;/h2*1-3H,4H2;1H;. The van der Waals surface area contributed by atoms with Gasteiger partial charge in [0.15, 0.2) is 0 Å². The predicted molar refractivity (Wildman–Crippen MR) is 50.9 cm³/mol. The summed E-state index contributed by atoms with van der Waals surface area (Å²) in [7, 11) is 0. The molecule has 0 saturated carbocycles. The summed E-state index contributed by atoms with van der Waals surface area (Å²) in [4.78, 5) is 0. The Hall–Kier alpha value is 0.120. The minimum atomic E-state index is -0.191. The van der Waals surface area contributed by atoms with E-state index in [4.69, 9.17) is 0 Å². The van der Waals surface area contributed by atoms with Crippen molar-refractivity contribution in [2.75, 3.05) is 0 Å². The SMILES string of the molecule is C1=CC[C]([Sc][C]2=CC=CC2)=C1.Cl. The zero-order valence-electron chi connectivity index (χ0n) is 6.86. The summed E-state index contributed by atoms with van der Waals surface area (Å²) < 4.78 is 3.42. The van der Waals surface area contributed by atoms with E-state index in [1.165, 1.54) is 12.8 Å². The summed E-state index contributed by atoms with van der Waals surface area (Å²) in [5, 5.41) is 0. The fourth-order valence-corrected chi connectivity index (χ4v) is 3.56. The monoisotopic (exact) mass is 211 g/mol. The number of allylic oxidation sites excluding steroid dienone is 8. The van der Waals surface area contributed by atoms with Gasteiger partial charge in [-0.15, -0.1) is 12.4 Å². The average Bonchev–Trinajstić information content (AvgIpc) is 2.60. The van der Waals surface area contributed by atoms with Gasteiger partial charge in [0.25, 0.3) is 0 Å². The molecule has 0 spiro atoms. The van der Waals surface area contributed by atoms with Crippen molar-refractivity contribution in [3.05, 3.63) is 43.1 Å². The molecule has 12 heavy (non-hydrogen) atoms. The second kappa shape index (κ2) is 4.98. The molecule has 61 valence electrons. The molecule has 0 amide bonds. The van der Waals surface area contributed by atoms with E-state index in [-0.39, 0.29) is 35.3 Å². The van der Waals surface area contributed by atoms with Crippen LogP contribution in [0.1, 0.15) is 12.8 Å². The van der Waals surface area contributed by atoms with E-state index >= 15 is 0 Å². The molecule has 0 saturated heterocycles. The molecular weight excluding hydrogens is 201 g/mol. The zero-order chi connectivity index (χ0) is 7.52. The normalized spacial score (nSPS) is 18.3. The van der Waals surface area contributed by atoms with Gasteiger partial charge in [-0.3, -0.25) is 0 Å². The van der Waals surface area contributed by atoms with Crippen LogP contribution in [0.3, 0.4) is 0 Å². The average molecular weight is 212 g/mol. The van der Waals surface area contributed by atoms with Gasteiger partial charge in [-0.2, -0.15) is 0 Å². The van der Waals surface area contributed by atoms with Gasteiger partial charge < -0.3 is 0 Å². The van der Waals surface area contributed by atoms with E-state index < -0.39 is 0 Å². The molecule has 0 aromatic carbocycles. The van der Waals surface area contributed by atoms with Gasteiger partial charge in [0.05, 0.1) is 0 Å². The number of hydrogen-bond donors (Lipinski definition) is 0. The van der Waals surface area contributed by atoms with Crippen molar-refractivity contribution in [1.82, 2.24) is 0 Å². The van der Waals surface area contributed by atoms with Gasteiger partial charge in [0.1, 0.15) is 0 Å². The van der Waals surface area contributed by atoms with Gasteiger partial charge in [-0.05, 0) is 0 Å². The van der Waals surface area contributed by atoms with Crippen LogP contribution in [0, 0.1) is 0 Å². The van der Waals surface area contributed by atoms with Crippen LogP contribution in [-0.4, -0.2) is 0 Å². The predicted octanol–water partition coefficient (Wildman–Crippen LogP) is 3.18. The Morgan fingerprint density at radius 1 is 0.917 bits per heavy atom. The third kappa shape index (κ3) is 2.56. The topological polar surface area (TPSA) is 0 Å². The maximum atomic E-state index is 2.30. The Morgan fingerprint density at radius 2 is 1.42 bits per heavy atom. The third-order valence-corrected chi connectivity index (χ3v) is 4.47. The third-order valence-electron chi connectivity index (χ3n) is 1.97. The first kappa shape index (κ1) is 10.2. The first-order valence-electron chi connectivity index (χ1n) is 4.01. The van der Waals surface area contributed by atoms with Crippen LogP contribution in [0.25, 0.3) is 0 Å². The molecule has 2 aliphatic carbocycles. The van der Waals surface area contributed by atoms with E-state index in [1.807, 2.05) is 0 Å². The van der Waals surface area contributed by atoms with Crippen molar-refractivity contribution in [1.29, 1.82) is 0 Å². The number of halogens is 1. The quantitative estimate of drug-likeness (QED) is 0.658. The van der Waals surface area contributed by atoms with Crippen molar-refractivity contribution in [2.24, 2.45) is 0 Å². The second-order valence-corrected chi connectivity index (χ2v) is 5.66. The van der Waals surface area contributed by atoms with Crippen molar-refractivity contribution in [3.63, 3.8) is 0 Å². The molecule has 0 heterocycles. The molecule has 0 aliphatic heterocycles. The molecule has 0 radical (unpaired) electrons. The van der Waals surface area contributed by atoms with E-state index in [0.717, 1.165) is 0 Å². The maximum Gasteiger partial charge on any atom is -0.147 e. The zero-order valence-corrected chi connectivity index (χ0v) is 9.48. The molecule has 0 aromatic rings. The van der Waals surface area contributed by atoms with Gasteiger partial charge in [0, 0.05) is 0 Å². The fraction of sp³-hybridized carbons (Fsp3) is 0.200. The summed E-state index contributed by atoms with van der Waals surface area (Å²) in [5.74, 6) is 0. The summed E-state index contributed by atoms with van der Waals surface area (Å²) in [6.45, 7) is 0. The second-order valence-electron chi connectivity index (χ2n) is 2.89. The van der Waals surface area contributed by atoms with Crippen LogP contribution in [0.4, 0.5) is 0 Å². The number of rotatable bonds is 2. The number of hydrogen-bond acceptors (Lipinski definition) is 0. The summed E-state index contributed by atoms with van der Waals surface area (Å²) in [6.07, 6.45) is 16.0. The molecule has 2 rings (SSSR count). The van der Waals surface area contributed by atoms with Crippen LogP contribution in [0.15, 0.2) is 43.1 Å².